The van der Waals surface area contributed by atoms with E-state index in [4.69, 9.17) is 18.0 Å². The maximum absolute atomic E-state index is 12.0. The molecule has 0 radical (unpaired) electrons. The molecule has 0 spiro atoms. The third-order valence-electron chi connectivity index (χ3n) is 2.80. The van der Waals surface area contributed by atoms with E-state index in [0.717, 1.165) is 5.56 Å². The highest BCUT2D eigenvalue weighted by Gasteiger charge is 2.12. The molecular formula is C14H17N5OS. The largest absolute Gasteiger partial charge is 0.374 e. The van der Waals surface area contributed by atoms with Gasteiger partial charge in [-0.25, -0.2) is 5.01 Å². The zero-order chi connectivity index (χ0) is 15.2. The van der Waals surface area contributed by atoms with Crippen LogP contribution in [0.2, 0.25) is 0 Å². The Morgan fingerprint density at radius 3 is 2.71 bits per heavy atom. The number of para-hydroxylation sites is 1. The molecule has 2 rings (SSSR count). The van der Waals surface area contributed by atoms with Gasteiger partial charge >= 0.3 is 0 Å². The molecule has 0 fully saturated rings. The SMILES string of the molecule is Cc1cnn(CCC(=O)NN(C(N)=S)c2ccccc2)c1. The van der Waals surface area contributed by atoms with E-state index in [2.05, 4.69) is 10.5 Å². The van der Waals surface area contributed by atoms with Crippen molar-refractivity contribution >= 4 is 28.9 Å². The molecule has 0 saturated heterocycles. The van der Waals surface area contributed by atoms with Crippen LogP contribution in [0.4, 0.5) is 5.69 Å². The number of aromatic nitrogens is 2. The molecule has 6 nitrogen and oxygen atoms in total. The van der Waals surface area contributed by atoms with E-state index in [9.17, 15) is 4.79 Å². The minimum atomic E-state index is -0.181. The lowest BCUT2D eigenvalue weighted by atomic mass is 10.3. The molecule has 2 aromatic rings. The van der Waals surface area contributed by atoms with Crippen molar-refractivity contribution in [1.82, 2.24) is 15.2 Å². The van der Waals surface area contributed by atoms with Crippen molar-refractivity contribution in [1.29, 1.82) is 0 Å². The van der Waals surface area contributed by atoms with Crippen molar-refractivity contribution < 1.29 is 4.79 Å². The Labute approximate surface area is 128 Å². The molecular weight excluding hydrogens is 286 g/mol. The Morgan fingerprint density at radius 2 is 2.14 bits per heavy atom. The number of rotatable bonds is 4. The average Bonchev–Trinajstić information content (AvgIpc) is 2.89. The summed E-state index contributed by atoms with van der Waals surface area (Å²) < 4.78 is 1.72. The summed E-state index contributed by atoms with van der Waals surface area (Å²) in [5.74, 6) is -0.181. The number of nitrogens with two attached hydrogens (primary N) is 1. The summed E-state index contributed by atoms with van der Waals surface area (Å²) >= 11 is 4.97. The minimum Gasteiger partial charge on any atom is -0.374 e. The number of benzene rings is 1. The monoisotopic (exact) mass is 303 g/mol. The number of hydrogen-bond donors (Lipinski definition) is 2. The predicted molar refractivity (Wildman–Crippen MR) is 85.4 cm³/mol. The van der Waals surface area contributed by atoms with Crippen molar-refractivity contribution in [3.63, 3.8) is 0 Å². The van der Waals surface area contributed by atoms with Gasteiger partial charge in [-0.05, 0) is 36.8 Å². The summed E-state index contributed by atoms with van der Waals surface area (Å²) in [4.78, 5) is 12.0. The molecule has 1 aromatic carbocycles. The summed E-state index contributed by atoms with van der Waals surface area (Å²) in [7, 11) is 0. The molecule has 0 unspecified atom stereocenters. The predicted octanol–water partition coefficient (Wildman–Crippen LogP) is 1.36. The van der Waals surface area contributed by atoms with Crippen LogP contribution in [0.25, 0.3) is 0 Å². The average molecular weight is 303 g/mol. The van der Waals surface area contributed by atoms with Crippen LogP contribution < -0.4 is 16.2 Å². The fourth-order valence-corrected chi connectivity index (χ4v) is 1.96. The second kappa shape index (κ2) is 6.85. The number of carbonyl (C=O) groups is 1. The summed E-state index contributed by atoms with van der Waals surface area (Å²) in [6.45, 7) is 2.45. The van der Waals surface area contributed by atoms with E-state index in [-0.39, 0.29) is 17.4 Å². The summed E-state index contributed by atoms with van der Waals surface area (Å²) in [6, 6.07) is 9.20. The number of nitrogens with one attached hydrogen (secondary N) is 1. The van der Waals surface area contributed by atoms with E-state index in [1.165, 1.54) is 5.01 Å². The molecule has 3 N–H and O–H groups in total. The zero-order valence-electron chi connectivity index (χ0n) is 11.7. The van der Waals surface area contributed by atoms with Gasteiger partial charge in [0.25, 0.3) is 0 Å². The van der Waals surface area contributed by atoms with Gasteiger partial charge in [-0.3, -0.25) is 14.9 Å². The Hall–Kier alpha value is -2.41. The molecule has 0 bridgehead atoms. The lowest BCUT2D eigenvalue weighted by Gasteiger charge is -2.23. The molecule has 21 heavy (non-hydrogen) atoms. The number of hydrogen-bond acceptors (Lipinski definition) is 3. The Balaban J connectivity index is 1.94. The first-order chi connectivity index (χ1) is 10.1. The van der Waals surface area contributed by atoms with Crippen LogP contribution in [0.15, 0.2) is 42.7 Å². The van der Waals surface area contributed by atoms with Crippen LogP contribution in [-0.4, -0.2) is 20.8 Å². The summed E-state index contributed by atoms with van der Waals surface area (Å²) in [5, 5.41) is 5.62. The molecule has 7 heteroatoms. The lowest BCUT2D eigenvalue weighted by Crippen LogP contribution is -2.49. The van der Waals surface area contributed by atoms with Crippen LogP contribution in [0.1, 0.15) is 12.0 Å². The zero-order valence-corrected chi connectivity index (χ0v) is 12.5. The molecule has 1 amide bonds. The van der Waals surface area contributed by atoms with Gasteiger partial charge in [0.2, 0.25) is 5.91 Å². The highest BCUT2D eigenvalue weighted by Crippen LogP contribution is 2.10. The third-order valence-corrected chi connectivity index (χ3v) is 2.98. The van der Waals surface area contributed by atoms with Gasteiger partial charge in [0.1, 0.15) is 0 Å². The normalized spacial score (nSPS) is 10.1. The molecule has 1 aromatic heterocycles. The van der Waals surface area contributed by atoms with Crippen molar-refractivity contribution in [2.75, 3.05) is 5.01 Å². The molecule has 110 valence electrons. The molecule has 0 aliphatic rings. The van der Waals surface area contributed by atoms with E-state index in [0.29, 0.717) is 12.2 Å². The van der Waals surface area contributed by atoms with E-state index < -0.39 is 0 Å². The first-order valence-corrected chi connectivity index (χ1v) is 6.90. The van der Waals surface area contributed by atoms with Gasteiger partial charge in [0.05, 0.1) is 11.9 Å². The van der Waals surface area contributed by atoms with Gasteiger partial charge in [0, 0.05) is 19.2 Å². The Kier molecular flexibility index (Phi) is 4.89. The molecule has 1 heterocycles. The van der Waals surface area contributed by atoms with Crippen molar-refractivity contribution in [3.8, 4) is 0 Å². The molecule has 0 saturated carbocycles. The van der Waals surface area contributed by atoms with Gasteiger partial charge < -0.3 is 5.73 Å². The first-order valence-electron chi connectivity index (χ1n) is 6.49. The third kappa shape index (κ3) is 4.28. The summed E-state index contributed by atoms with van der Waals surface area (Å²) in [6.07, 6.45) is 3.92. The van der Waals surface area contributed by atoms with E-state index >= 15 is 0 Å². The molecule has 0 aliphatic heterocycles. The van der Waals surface area contributed by atoms with Crippen LogP contribution in [-0.2, 0) is 11.3 Å². The fourth-order valence-electron chi connectivity index (χ4n) is 1.81. The number of hydrazine groups is 1. The highest BCUT2D eigenvalue weighted by atomic mass is 32.1. The van der Waals surface area contributed by atoms with Crippen LogP contribution in [0, 0.1) is 6.92 Å². The van der Waals surface area contributed by atoms with Crippen molar-refractivity contribution in [2.24, 2.45) is 5.73 Å². The van der Waals surface area contributed by atoms with Crippen LogP contribution in [0.3, 0.4) is 0 Å². The van der Waals surface area contributed by atoms with Crippen LogP contribution in [0.5, 0.6) is 0 Å². The van der Waals surface area contributed by atoms with E-state index in [1.54, 1.807) is 10.9 Å². The van der Waals surface area contributed by atoms with Gasteiger partial charge in [-0.2, -0.15) is 5.10 Å². The molecule has 0 atom stereocenters. The fraction of sp³-hybridized carbons (Fsp3) is 0.214. The first kappa shape index (κ1) is 15.0. The maximum atomic E-state index is 12.0. The maximum Gasteiger partial charge on any atom is 0.240 e. The Morgan fingerprint density at radius 1 is 1.43 bits per heavy atom. The van der Waals surface area contributed by atoms with Crippen molar-refractivity contribution in [3.05, 3.63) is 48.3 Å². The van der Waals surface area contributed by atoms with Crippen molar-refractivity contribution in [2.45, 2.75) is 19.9 Å². The van der Waals surface area contributed by atoms with E-state index in [1.807, 2.05) is 43.5 Å². The number of aryl methyl sites for hydroxylation is 2. The van der Waals surface area contributed by atoms with Crippen LogP contribution >= 0.6 is 12.2 Å². The number of thiocarbonyl (C=S) groups is 1. The number of carbonyl (C=O) groups excluding carboxylic acids is 1. The van der Waals surface area contributed by atoms with Gasteiger partial charge in [-0.15, -0.1) is 0 Å². The quantitative estimate of drug-likeness (QED) is 0.659. The minimum absolute atomic E-state index is 0.0875. The summed E-state index contributed by atoms with van der Waals surface area (Å²) in [5.41, 5.74) is 10.1. The number of amides is 1. The number of anilines is 1. The highest BCUT2D eigenvalue weighted by molar-refractivity contribution is 7.80. The second-order valence-corrected chi connectivity index (χ2v) is 4.99. The standard InChI is InChI=1S/C14H17N5OS/c1-11-9-16-18(10-11)8-7-13(20)17-19(14(15)21)12-5-3-2-4-6-12/h2-6,9-10H,7-8H2,1H3,(H2,15,21)(H,17,20). The lowest BCUT2D eigenvalue weighted by molar-refractivity contribution is -0.121. The van der Waals surface area contributed by atoms with Gasteiger partial charge in [0.15, 0.2) is 5.11 Å². The Bertz CT molecular complexity index is 625. The van der Waals surface area contributed by atoms with Gasteiger partial charge in [-0.1, -0.05) is 18.2 Å². The second-order valence-electron chi connectivity index (χ2n) is 4.57. The topological polar surface area (TPSA) is 76.2 Å². The smallest absolute Gasteiger partial charge is 0.240 e. The number of nitrogens with zero attached hydrogens (tertiary/aromatic N) is 3. The molecule has 0 aliphatic carbocycles.